The maximum Gasteiger partial charge on any atom is 0.320 e. The summed E-state index contributed by atoms with van der Waals surface area (Å²) in [7, 11) is 4.24. The van der Waals surface area contributed by atoms with Gasteiger partial charge in [-0.05, 0) is 13.0 Å². The minimum atomic E-state index is -0.945. The van der Waals surface area contributed by atoms with Crippen molar-refractivity contribution in [2.75, 3.05) is 14.2 Å². The number of carbonyl (C=O) groups excluding carboxylic acids is 2. The Balaban J connectivity index is 2.90. The first-order valence-electron chi connectivity index (χ1n) is 5.14. The first kappa shape index (κ1) is 13.2. The predicted molar refractivity (Wildman–Crippen MR) is 59.2 cm³/mol. The van der Waals surface area contributed by atoms with Crippen LogP contribution in [0.3, 0.4) is 0 Å². The molecule has 1 aromatic rings. The zero-order valence-corrected chi connectivity index (χ0v) is 10.4. The SMILES string of the molecule is COC(=O)C(Cc1cc(C)nn1C)C(=O)OC. The van der Waals surface area contributed by atoms with Crippen molar-refractivity contribution >= 4 is 11.9 Å². The molecule has 0 unspecified atom stereocenters. The minimum absolute atomic E-state index is 0.219. The van der Waals surface area contributed by atoms with Crippen molar-refractivity contribution in [3.05, 3.63) is 17.5 Å². The van der Waals surface area contributed by atoms with Gasteiger partial charge in [0.05, 0.1) is 19.9 Å². The number of rotatable bonds is 4. The normalized spacial score (nSPS) is 10.4. The van der Waals surface area contributed by atoms with E-state index >= 15 is 0 Å². The molecule has 0 saturated heterocycles. The number of hydrogen-bond acceptors (Lipinski definition) is 5. The van der Waals surface area contributed by atoms with Gasteiger partial charge < -0.3 is 9.47 Å². The third-order valence-electron chi connectivity index (χ3n) is 2.48. The lowest BCUT2D eigenvalue weighted by Gasteiger charge is -2.12. The average molecular weight is 240 g/mol. The molecule has 0 aliphatic carbocycles. The second-order valence-corrected chi connectivity index (χ2v) is 3.70. The van der Waals surface area contributed by atoms with Gasteiger partial charge in [0.2, 0.25) is 0 Å². The second-order valence-electron chi connectivity index (χ2n) is 3.70. The maximum atomic E-state index is 11.5. The van der Waals surface area contributed by atoms with Crippen molar-refractivity contribution in [2.24, 2.45) is 13.0 Å². The van der Waals surface area contributed by atoms with Gasteiger partial charge in [0.25, 0.3) is 0 Å². The molecule has 1 aromatic heterocycles. The summed E-state index contributed by atoms with van der Waals surface area (Å²) >= 11 is 0. The quantitative estimate of drug-likeness (QED) is 0.556. The predicted octanol–water partition coefficient (Wildman–Crippen LogP) is 0.233. The van der Waals surface area contributed by atoms with E-state index in [1.165, 1.54) is 14.2 Å². The number of esters is 2. The summed E-state index contributed by atoms with van der Waals surface area (Å²) in [5.74, 6) is -2.15. The fourth-order valence-corrected chi connectivity index (χ4v) is 1.61. The molecular formula is C11H16N2O4. The van der Waals surface area contributed by atoms with Crippen LogP contribution in [-0.2, 0) is 32.5 Å². The van der Waals surface area contributed by atoms with Crippen LogP contribution in [-0.4, -0.2) is 35.9 Å². The van der Waals surface area contributed by atoms with E-state index < -0.39 is 17.9 Å². The number of carbonyl (C=O) groups is 2. The molecule has 0 N–H and O–H groups in total. The first-order valence-corrected chi connectivity index (χ1v) is 5.14. The van der Waals surface area contributed by atoms with Crippen molar-refractivity contribution < 1.29 is 19.1 Å². The van der Waals surface area contributed by atoms with Gasteiger partial charge in [-0.15, -0.1) is 0 Å². The number of aromatic nitrogens is 2. The standard InChI is InChI=1S/C11H16N2O4/c1-7-5-8(13(2)12-7)6-9(10(14)16-3)11(15)17-4/h5,9H,6H2,1-4H3. The topological polar surface area (TPSA) is 70.4 Å². The van der Waals surface area contributed by atoms with E-state index in [0.29, 0.717) is 0 Å². The van der Waals surface area contributed by atoms with Crippen molar-refractivity contribution in [1.29, 1.82) is 0 Å². The Kier molecular flexibility index (Phi) is 4.25. The molecule has 0 aliphatic heterocycles. The van der Waals surface area contributed by atoms with Crippen LogP contribution in [0.5, 0.6) is 0 Å². The fraction of sp³-hybridized carbons (Fsp3) is 0.545. The highest BCUT2D eigenvalue weighted by molar-refractivity contribution is 5.95. The van der Waals surface area contributed by atoms with Gasteiger partial charge in [-0.25, -0.2) is 0 Å². The van der Waals surface area contributed by atoms with E-state index in [1.54, 1.807) is 11.7 Å². The van der Waals surface area contributed by atoms with Crippen molar-refractivity contribution in [2.45, 2.75) is 13.3 Å². The molecule has 0 amide bonds. The van der Waals surface area contributed by atoms with E-state index in [9.17, 15) is 9.59 Å². The van der Waals surface area contributed by atoms with Crippen LogP contribution >= 0.6 is 0 Å². The Labute approximate surface area is 99.5 Å². The molecule has 0 aliphatic rings. The zero-order valence-electron chi connectivity index (χ0n) is 10.4. The van der Waals surface area contributed by atoms with Crippen molar-refractivity contribution in [3.63, 3.8) is 0 Å². The molecular weight excluding hydrogens is 224 g/mol. The average Bonchev–Trinajstić information content (AvgIpc) is 2.62. The van der Waals surface area contributed by atoms with E-state index in [-0.39, 0.29) is 6.42 Å². The van der Waals surface area contributed by atoms with Gasteiger partial charge in [0.15, 0.2) is 5.92 Å². The Morgan fingerprint density at radius 2 is 1.88 bits per heavy atom. The van der Waals surface area contributed by atoms with Crippen LogP contribution in [0.25, 0.3) is 0 Å². The summed E-state index contributed by atoms with van der Waals surface area (Å²) in [5.41, 5.74) is 1.61. The van der Waals surface area contributed by atoms with Gasteiger partial charge in [0, 0.05) is 19.2 Å². The van der Waals surface area contributed by atoms with Gasteiger partial charge in [0.1, 0.15) is 0 Å². The summed E-state index contributed by atoms with van der Waals surface area (Å²) in [6.45, 7) is 1.84. The fourth-order valence-electron chi connectivity index (χ4n) is 1.61. The van der Waals surface area contributed by atoms with Crippen LogP contribution in [0.1, 0.15) is 11.4 Å². The van der Waals surface area contributed by atoms with Gasteiger partial charge in [-0.1, -0.05) is 0 Å². The molecule has 0 saturated carbocycles. The number of nitrogens with zero attached hydrogens (tertiary/aromatic N) is 2. The van der Waals surface area contributed by atoms with Crippen LogP contribution < -0.4 is 0 Å². The van der Waals surface area contributed by atoms with Crippen LogP contribution in [0, 0.1) is 12.8 Å². The Morgan fingerprint density at radius 3 is 2.24 bits per heavy atom. The molecule has 0 radical (unpaired) electrons. The molecule has 0 bridgehead atoms. The molecule has 0 fully saturated rings. The lowest BCUT2D eigenvalue weighted by Crippen LogP contribution is -2.29. The van der Waals surface area contributed by atoms with Crippen LogP contribution in [0.15, 0.2) is 6.07 Å². The highest BCUT2D eigenvalue weighted by Gasteiger charge is 2.29. The van der Waals surface area contributed by atoms with Gasteiger partial charge in [-0.3, -0.25) is 14.3 Å². The zero-order chi connectivity index (χ0) is 13.0. The first-order chi connectivity index (χ1) is 7.99. The Bertz CT molecular complexity index is 409. The number of aryl methyl sites for hydroxylation is 2. The van der Waals surface area contributed by atoms with E-state index in [0.717, 1.165) is 11.4 Å². The van der Waals surface area contributed by atoms with Crippen molar-refractivity contribution in [3.8, 4) is 0 Å². The summed E-state index contributed by atoms with van der Waals surface area (Å²) in [6.07, 6.45) is 0.219. The Hall–Kier alpha value is -1.85. The molecule has 1 heterocycles. The molecule has 0 spiro atoms. The molecule has 0 aromatic carbocycles. The van der Waals surface area contributed by atoms with E-state index in [4.69, 9.17) is 0 Å². The van der Waals surface area contributed by atoms with Gasteiger partial charge in [-0.2, -0.15) is 5.10 Å². The number of hydrogen-bond donors (Lipinski definition) is 0. The summed E-state index contributed by atoms with van der Waals surface area (Å²) in [4.78, 5) is 23.0. The second kappa shape index (κ2) is 5.47. The third kappa shape index (κ3) is 3.05. The Morgan fingerprint density at radius 1 is 1.35 bits per heavy atom. The van der Waals surface area contributed by atoms with E-state index in [2.05, 4.69) is 14.6 Å². The van der Waals surface area contributed by atoms with Crippen molar-refractivity contribution in [1.82, 2.24) is 9.78 Å². The lowest BCUT2D eigenvalue weighted by atomic mass is 10.0. The number of ether oxygens (including phenoxy) is 2. The molecule has 6 nitrogen and oxygen atoms in total. The summed E-state index contributed by atoms with van der Waals surface area (Å²) in [5, 5.41) is 4.15. The monoisotopic (exact) mass is 240 g/mol. The molecule has 0 atom stereocenters. The largest absolute Gasteiger partial charge is 0.468 e. The number of methoxy groups -OCH3 is 2. The van der Waals surface area contributed by atoms with E-state index in [1.807, 2.05) is 13.0 Å². The van der Waals surface area contributed by atoms with Gasteiger partial charge >= 0.3 is 11.9 Å². The third-order valence-corrected chi connectivity index (χ3v) is 2.48. The molecule has 1 rings (SSSR count). The summed E-state index contributed by atoms with van der Waals surface area (Å²) < 4.78 is 10.8. The molecule has 17 heavy (non-hydrogen) atoms. The molecule has 94 valence electrons. The smallest absolute Gasteiger partial charge is 0.320 e. The molecule has 6 heteroatoms. The van der Waals surface area contributed by atoms with Crippen LogP contribution in [0.4, 0.5) is 0 Å². The highest BCUT2D eigenvalue weighted by Crippen LogP contribution is 2.12. The summed E-state index contributed by atoms with van der Waals surface area (Å²) in [6, 6.07) is 1.82. The van der Waals surface area contributed by atoms with Crippen LogP contribution in [0.2, 0.25) is 0 Å². The minimum Gasteiger partial charge on any atom is -0.468 e. The highest BCUT2D eigenvalue weighted by atomic mass is 16.5. The lowest BCUT2D eigenvalue weighted by molar-refractivity contribution is -0.158. The maximum absolute atomic E-state index is 11.5.